The van der Waals surface area contributed by atoms with E-state index >= 15 is 0 Å². The van der Waals surface area contributed by atoms with Crippen LogP contribution in [-0.4, -0.2) is 65.7 Å². The molecule has 6 nitrogen and oxygen atoms in total. The Balaban J connectivity index is 1.79. The fraction of sp³-hybridized carbons (Fsp3) is 0.667. The van der Waals surface area contributed by atoms with E-state index < -0.39 is 11.6 Å². The molecule has 1 fully saturated rings. The van der Waals surface area contributed by atoms with Gasteiger partial charge in [-0.1, -0.05) is 0 Å². The predicted molar refractivity (Wildman–Crippen MR) is 77.7 cm³/mol. The molecule has 1 atom stereocenters. The van der Waals surface area contributed by atoms with Gasteiger partial charge in [-0.2, -0.15) is 0 Å². The number of carbonyl (C=O) groups excluding carboxylic acids is 1. The molecule has 1 aromatic heterocycles. The molecule has 1 aliphatic rings. The van der Waals surface area contributed by atoms with E-state index in [1.165, 1.54) is 0 Å². The lowest BCUT2D eigenvalue weighted by Crippen LogP contribution is -2.63. The molecule has 21 heavy (non-hydrogen) atoms. The summed E-state index contributed by atoms with van der Waals surface area (Å²) in [6, 6.07) is 3.63. The summed E-state index contributed by atoms with van der Waals surface area (Å²) in [5.74, 6) is 0.815. The molecule has 118 valence electrons. The molecule has 0 aromatic carbocycles. The van der Waals surface area contributed by atoms with Gasteiger partial charge in [0.15, 0.2) is 0 Å². The maximum atomic E-state index is 12.2. The second-order valence-corrected chi connectivity index (χ2v) is 5.98. The number of β-amino-alcohol motifs (C(OH)–C–C–N with tert-alkyl or cyclic N) is 1. The Morgan fingerprint density at radius 2 is 2.24 bits per heavy atom. The maximum Gasteiger partial charge on any atom is 0.242 e. The Kier molecular flexibility index (Phi) is 5.03. The summed E-state index contributed by atoms with van der Waals surface area (Å²) in [6.45, 7) is 6.20. The highest BCUT2D eigenvalue weighted by atomic mass is 16.5. The number of hydrogen-bond donors (Lipinski definition) is 1. The monoisotopic (exact) mass is 296 g/mol. The molecule has 1 unspecified atom stereocenters. The highest BCUT2D eigenvalue weighted by molar-refractivity contribution is 5.86. The number of aliphatic hydroxyl groups is 1. The molecule has 0 radical (unpaired) electrons. The summed E-state index contributed by atoms with van der Waals surface area (Å²) in [5.41, 5.74) is -0.588. The molecule has 0 saturated carbocycles. The van der Waals surface area contributed by atoms with Gasteiger partial charge in [0.25, 0.3) is 0 Å². The molecule has 6 heteroatoms. The molecule has 0 spiro atoms. The van der Waals surface area contributed by atoms with Gasteiger partial charge < -0.3 is 19.2 Å². The molecular formula is C15H24N2O4. The Labute approximate surface area is 125 Å². The zero-order valence-electron chi connectivity index (χ0n) is 12.9. The van der Waals surface area contributed by atoms with Crippen molar-refractivity contribution < 1.29 is 19.1 Å². The van der Waals surface area contributed by atoms with Crippen molar-refractivity contribution in [3.05, 3.63) is 24.2 Å². The van der Waals surface area contributed by atoms with Gasteiger partial charge in [-0.3, -0.25) is 9.69 Å². The highest BCUT2D eigenvalue weighted by Gasteiger charge is 2.40. The van der Waals surface area contributed by atoms with Gasteiger partial charge in [-0.15, -0.1) is 0 Å². The lowest BCUT2D eigenvalue weighted by molar-refractivity contribution is -0.148. The fourth-order valence-corrected chi connectivity index (χ4v) is 2.57. The van der Waals surface area contributed by atoms with Crippen molar-refractivity contribution in [3.8, 4) is 0 Å². The summed E-state index contributed by atoms with van der Waals surface area (Å²) in [4.78, 5) is 15.9. The standard InChI is InChI=1S/C15H24N2O4/c1-15(2)14(19)16(3)6-7-17(15)9-12(18)10-20-11-13-5-4-8-21-13/h4-5,8,12,18H,6-7,9-11H2,1-3H3. The highest BCUT2D eigenvalue weighted by Crippen LogP contribution is 2.21. The van der Waals surface area contributed by atoms with E-state index in [-0.39, 0.29) is 12.5 Å². The third-order valence-electron chi connectivity index (χ3n) is 3.93. The Morgan fingerprint density at radius 1 is 1.48 bits per heavy atom. The van der Waals surface area contributed by atoms with E-state index in [9.17, 15) is 9.90 Å². The molecule has 0 aliphatic carbocycles. The molecule has 2 rings (SSSR count). The van der Waals surface area contributed by atoms with E-state index in [2.05, 4.69) is 0 Å². The second kappa shape index (κ2) is 6.60. The summed E-state index contributed by atoms with van der Waals surface area (Å²) in [6.07, 6.45) is 0.962. The van der Waals surface area contributed by atoms with Gasteiger partial charge in [-0.05, 0) is 26.0 Å². The number of carbonyl (C=O) groups is 1. The van der Waals surface area contributed by atoms with Gasteiger partial charge in [0, 0.05) is 26.7 Å². The first-order chi connectivity index (χ1) is 9.91. The van der Waals surface area contributed by atoms with Gasteiger partial charge in [0.2, 0.25) is 5.91 Å². The summed E-state index contributed by atoms with van der Waals surface area (Å²) >= 11 is 0. The molecular weight excluding hydrogens is 272 g/mol. The van der Waals surface area contributed by atoms with Crippen LogP contribution in [0.1, 0.15) is 19.6 Å². The quantitative estimate of drug-likeness (QED) is 0.837. The fourth-order valence-electron chi connectivity index (χ4n) is 2.57. The normalized spacial score (nSPS) is 20.8. The number of hydrogen-bond acceptors (Lipinski definition) is 5. The topological polar surface area (TPSA) is 66.2 Å². The third kappa shape index (κ3) is 3.84. The van der Waals surface area contributed by atoms with Crippen molar-refractivity contribution in [2.75, 3.05) is 33.3 Å². The SMILES string of the molecule is CN1CCN(CC(O)COCc2ccco2)C(C)(C)C1=O. The van der Waals surface area contributed by atoms with Crippen LogP contribution in [0.3, 0.4) is 0 Å². The van der Waals surface area contributed by atoms with E-state index in [1.54, 1.807) is 17.2 Å². The van der Waals surface area contributed by atoms with E-state index in [0.717, 1.165) is 12.3 Å². The average Bonchev–Trinajstić information content (AvgIpc) is 2.93. The number of piperazine rings is 1. The van der Waals surface area contributed by atoms with Crippen molar-refractivity contribution in [2.45, 2.75) is 32.1 Å². The van der Waals surface area contributed by atoms with Crippen LogP contribution in [0.2, 0.25) is 0 Å². The van der Waals surface area contributed by atoms with Crippen LogP contribution in [0.25, 0.3) is 0 Å². The van der Waals surface area contributed by atoms with Crippen molar-refractivity contribution in [1.82, 2.24) is 9.80 Å². The van der Waals surface area contributed by atoms with Crippen LogP contribution >= 0.6 is 0 Å². The number of amides is 1. The third-order valence-corrected chi connectivity index (χ3v) is 3.93. The van der Waals surface area contributed by atoms with Gasteiger partial charge in [-0.25, -0.2) is 0 Å². The zero-order valence-corrected chi connectivity index (χ0v) is 12.9. The molecule has 1 amide bonds. The van der Waals surface area contributed by atoms with E-state index in [1.807, 2.05) is 31.9 Å². The van der Waals surface area contributed by atoms with Crippen LogP contribution in [0.5, 0.6) is 0 Å². The Bertz CT molecular complexity index is 458. The molecule has 2 heterocycles. The smallest absolute Gasteiger partial charge is 0.242 e. The molecule has 1 N–H and O–H groups in total. The minimum Gasteiger partial charge on any atom is -0.467 e. The second-order valence-electron chi connectivity index (χ2n) is 5.98. The van der Waals surface area contributed by atoms with Crippen molar-refractivity contribution in [2.24, 2.45) is 0 Å². The molecule has 1 aromatic rings. The number of nitrogens with zero attached hydrogens (tertiary/aromatic N) is 2. The average molecular weight is 296 g/mol. The number of aliphatic hydroxyl groups excluding tert-OH is 1. The maximum absolute atomic E-state index is 12.2. The number of furan rings is 1. The van der Waals surface area contributed by atoms with Crippen LogP contribution in [0, 0.1) is 0 Å². The largest absolute Gasteiger partial charge is 0.467 e. The first kappa shape index (κ1) is 16.0. The van der Waals surface area contributed by atoms with Gasteiger partial charge in [0.1, 0.15) is 12.4 Å². The lowest BCUT2D eigenvalue weighted by Gasteiger charge is -2.45. The molecule has 1 aliphatic heterocycles. The van der Waals surface area contributed by atoms with Crippen molar-refractivity contribution in [1.29, 1.82) is 0 Å². The minimum absolute atomic E-state index is 0.0810. The van der Waals surface area contributed by atoms with E-state index in [4.69, 9.17) is 9.15 Å². The van der Waals surface area contributed by atoms with Crippen LogP contribution in [0.4, 0.5) is 0 Å². The summed E-state index contributed by atoms with van der Waals surface area (Å²) in [5, 5.41) is 10.1. The lowest BCUT2D eigenvalue weighted by atomic mass is 9.97. The van der Waals surface area contributed by atoms with Crippen molar-refractivity contribution >= 4 is 5.91 Å². The van der Waals surface area contributed by atoms with Crippen molar-refractivity contribution in [3.63, 3.8) is 0 Å². The number of ether oxygens (including phenoxy) is 1. The van der Waals surface area contributed by atoms with Crippen LogP contribution in [-0.2, 0) is 16.1 Å². The Hall–Kier alpha value is -1.37. The van der Waals surface area contributed by atoms with E-state index in [0.29, 0.717) is 19.7 Å². The van der Waals surface area contributed by atoms with Crippen LogP contribution in [0.15, 0.2) is 22.8 Å². The van der Waals surface area contributed by atoms with Crippen LogP contribution < -0.4 is 0 Å². The first-order valence-corrected chi connectivity index (χ1v) is 7.20. The van der Waals surface area contributed by atoms with Gasteiger partial charge in [0.05, 0.1) is 24.5 Å². The number of likely N-dealkylation sites (N-methyl/N-ethyl adjacent to an activating group) is 1. The zero-order chi connectivity index (χ0) is 15.5. The first-order valence-electron chi connectivity index (χ1n) is 7.20. The van der Waals surface area contributed by atoms with Gasteiger partial charge >= 0.3 is 0 Å². The Morgan fingerprint density at radius 3 is 2.90 bits per heavy atom. The summed E-state index contributed by atoms with van der Waals surface area (Å²) < 4.78 is 10.6. The minimum atomic E-state index is -0.629. The number of rotatable bonds is 6. The molecule has 0 bridgehead atoms. The predicted octanol–water partition coefficient (Wildman–Crippen LogP) is 0.710. The molecule has 1 saturated heterocycles. The summed E-state index contributed by atoms with van der Waals surface area (Å²) in [7, 11) is 1.81.